The van der Waals surface area contributed by atoms with Crippen LogP contribution < -0.4 is 10.5 Å². The van der Waals surface area contributed by atoms with Gasteiger partial charge in [0.05, 0.1) is 4.47 Å². The van der Waals surface area contributed by atoms with Crippen LogP contribution in [0.1, 0.15) is 15.3 Å². The first kappa shape index (κ1) is 13.5. The van der Waals surface area contributed by atoms with Gasteiger partial charge in [0, 0.05) is 21.9 Å². The normalized spacial score (nSPS) is 10.7. The molecule has 1 aromatic carbocycles. The quantitative estimate of drug-likeness (QED) is 0.920. The van der Waals surface area contributed by atoms with Crippen molar-refractivity contribution in [2.24, 2.45) is 5.73 Å². The molecule has 1 aromatic heterocycles. The third-order valence-electron chi connectivity index (χ3n) is 2.56. The Morgan fingerprint density at radius 1 is 1.39 bits per heavy atom. The molecule has 1 heterocycles. The van der Waals surface area contributed by atoms with E-state index in [1.807, 2.05) is 6.92 Å². The van der Waals surface area contributed by atoms with E-state index in [1.54, 1.807) is 23.5 Å². The van der Waals surface area contributed by atoms with Gasteiger partial charge in [0.15, 0.2) is 0 Å². The van der Waals surface area contributed by atoms with E-state index >= 15 is 0 Å². The minimum atomic E-state index is -0.292. The van der Waals surface area contributed by atoms with Crippen molar-refractivity contribution < 1.29 is 9.13 Å². The number of ether oxygens (including phenoxy) is 1. The Labute approximate surface area is 118 Å². The van der Waals surface area contributed by atoms with Crippen molar-refractivity contribution in [2.45, 2.75) is 20.1 Å². The fraction of sp³-hybridized carbons (Fsp3) is 0.231. The number of rotatable bonds is 4. The zero-order chi connectivity index (χ0) is 13.1. The smallest absolute Gasteiger partial charge is 0.137 e. The molecule has 96 valence electrons. The van der Waals surface area contributed by atoms with Gasteiger partial charge >= 0.3 is 0 Å². The summed E-state index contributed by atoms with van der Waals surface area (Å²) >= 11 is 4.81. The third-order valence-corrected chi connectivity index (χ3v) is 4.28. The molecule has 0 unspecified atom stereocenters. The number of benzene rings is 1. The van der Waals surface area contributed by atoms with Gasteiger partial charge in [-0.3, -0.25) is 0 Å². The first-order chi connectivity index (χ1) is 8.60. The van der Waals surface area contributed by atoms with Crippen molar-refractivity contribution in [3.63, 3.8) is 0 Å². The van der Waals surface area contributed by atoms with E-state index in [4.69, 9.17) is 10.5 Å². The van der Waals surface area contributed by atoms with E-state index in [1.165, 1.54) is 10.9 Å². The van der Waals surface area contributed by atoms with Crippen molar-refractivity contribution in [3.05, 3.63) is 49.9 Å². The monoisotopic (exact) mass is 329 g/mol. The van der Waals surface area contributed by atoms with Gasteiger partial charge in [0.2, 0.25) is 0 Å². The van der Waals surface area contributed by atoms with Gasteiger partial charge in [-0.2, -0.15) is 0 Å². The summed E-state index contributed by atoms with van der Waals surface area (Å²) in [5, 5.41) is 0. The number of thiophene rings is 1. The predicted octanol–water partition coefficient (Wildman–Crippen LogP) is 4.00. The number of halogens is 2. The molecular weight excluding hydrogens is 317 g/mol. The molecule has 0 saturated heterocycles. The van der Waals surface area contributed by atoms with Crippen molar-refractivity contribution >= 4 is 27.3 Å². The van der Waals surface area contributed by atoms with Crippen molar-refractivity contribution in [1.82, 2.24) is 0 Å². The molecule has 0 amide bonds. The lowest BCUT2D eigenvalue weighted by atomic mass is 10.2. The summed E-state index contributed by atoms with van der Waals surface area (Å²) in [4.78, 5) is 2.35. The highest BCUT2D eigenvalue weighted by Crippen LogP contribution is 2.25. The zero-order valence-electron chi connectivity index (χ0n) is 9.87. The summed E-state index contributed by atoms with van der Waals surface area (Å²) in [6.07, 6.45) is 0. The van der Waals surface area contributed by atoms with Crippen LogP contribution >= 0.6 is 27.3 Å². The molecule has 0 spiro atoms. The number of hydrogen-bond acceptors (Lipinski definition) is 3. The van der Waals surface area contributed by atoms with E-state index in [0.717, 1.165) is 10.4 Å². The van der Waals surface area contributed by atoms with Gasteiger partial charge in [0.25, 0.3) is 0 Å². The summed E-state index contributed by atoms with van der Waals surface area (Å²) in [7, 11) is 0. The van der Waals surface area contributed by atoms with Crippen LogP contribution in [0.2, 0.25) is 0 Å². The lowest BCUT2D eigenvalue weighted by Gasteiger charge is -2.06. The molecule has 2 N–H and O–H groups in total. The van der Waals surface area contributed by atoms with Crippen LogP contribution in [0.15, 0.2) is 28.7 Å². The van der Waals surface area contributed by atoms with Gasteiger partial charge in [-0.15, -0.1) is 11.3 Å². The molecule has 2 aromatic rings. The predicted molar refractivity (Wildman–Crippen MR) is 75.4 cm³/mol. The van der Waals surface area contributed by atoms with Crippen LogP contribution in [-0.4, -0.2) is 0 Å². The van der Waals surface area contributed by atoms with Crippen LogP contribution in [0.4, 0.5) is 4.39 Å². The number of hydrogen-bond donors (Lipinski definition) is 1. The molecule has 0 radical (unpaired) electrons. The average molecular weight is 330 g/mol. The molecule has 0 fully saturated rings. The van der Waals surface area contributed by atoms with Gasteiger partial charge in [-0.1, -0.05) is 0 Å². The number of nitrogens with two attached hydrogens (primary N) is 1. The molecular formula is C13H13BrFNOS. The minimum Gasteiger partial charge on any atom is -0.489 e. The maximum absolute atomic E-state index is 13.1. The maximum atomic E-state index is 13.1. The van der Waals surface area contributed by atoms with E-state index in [2.05, 4.69) is 22.0 Å². The van der Waals surface area contributed by atoms with Crippen LogP contribution in [0.25, 0.3) is 0 Å². The van der Waals surface area contributed by atoms with E-state index in [9.17, 15) is 4.39 Å². The lowest BCUT2D eigenvalue weighted by molar-refractivity contribution is 0.305. The zero-order valence-corrected chi connectivity index (χ0v) is 12.3. The highest BCUT2D eigenvalue weighted by Gasteiger charge is 2.06. The second-order valence-electron chi connectivity index (χ2n) is 3.86. The van der Waals surface area contributed by atoms with E-state index in [-0.39, 0.29) is 5.82 Å². The molecule has 0 atom stereocenters. The van der Waals surface area contributed by atoms with Crippen molar-refractivity contribution in [1.29, 1.82) is 0 Å². The Morgan fingerprint density at radius 3 is 2.78 bits per heavy atom. The largest absolute Gasteiger partial charge is 0.489 e. The summed E-state index contributed by atoms with van der Waals surface area (Å²) in [6.45, 7) is 3.07. The van der Waals surface area contributed by atoms with Gasteiger partial charge in [0.1, 0.15) is 18.2 Å². The lowest BCUT2D eigenvalue weighted by Crippen LogP contribution is -1.96. The van der Waals surface area contributed by atoms with E-state index < -0.39 is 0 Å². The van der Waals surface area contributed by atoms with E-state index in [0.29, 0.717) is 23.4 Å². The second-order valence-corrected chi connectivity index (χ2v) is 6.06. The van der Waals surface area contributed by atoms with Crippen LogP contribution in [0, 0.1) is 12.7 Å². The molecule has 0 aliphatic rings. The van der Waals surface area contributed by atoms with Gasteiger partial charge in [-0.25, -0.2) is 4.39 Å². The first-order valence-electron chi connectivity index (χ1n) is 5.46. The van der Waals surface area contributed by atoms with Gasteiger partial charge < -0.3 is 10.5 Å². The Kier molecular flexibility index (Phi) is 4.37. The summed E-state index contributed by atoms with van der Waals surface area (Å²) in [5.74, 6) is 0.350. The summed E-state index contributed by atoms with van der Waals surface area (Å²) in [6, 6.07) is 6.68. The Balaban J connectivity index is 2.06. The van der Waals surface area contributed by atoms with Crippen LogP contribution in [-0.2, 0) is 13.2 Å². The average Bonchev–Trinajstić information content (AvgIpc) is 2.72. The summed E-state index contributed by atoms with van der Waals surface area (Å²) in [5.41, 5.74) is 6.72. The number of aryl methyl sites for hydroxylation is 1. The SMILES string of the molecule is Cc1sc(CN)cc1COc1ccc(F)c(Br)c1. The highest BCUT2D eigenvalue weighted by molar-refractivity contribution is 9.10. The topological polar surface area (TPSA) is 35.2 Å². The highest BCUT2D eigenvalue weighted by atomic mass is 79.9. The Hall–Kier alpha value is -0.910. The molecule has 2 nitrogen and oxygen atoms in total. The Morgan fingerprint density at radius 2 is 2.17 bits per heavy atom. The minimum absolute atomic E-state index is 0.292. The molecule has 2 rings (SSSR count). The molecule has 0 bridgehead atoms. The standard InChI is InChI=1S/C13H13BrFNOS/c1-8-9(4-11(6-16)18-8)7-17-10-2-3-13(15)12(14)5-10/h2-5H,6-7,16H2,1H3. The van der Waals surface area contributed by atoms with Crippen LogP contribution in [0.5, 0.6) is 5.75 Å². The van der Waals surface area contributed by atoms with Crippen molar-refractivity contribution in [3.8, 4) is 5.75 Å². The molecule has 0 aliphatic carbocycles. The van der Waals surface area contributed by atoms with Gasteiger partial charge in [-0.05, 0) is 47.1 Å². The molecule has 0 aliphatic heterocycles. The maximum Gasteiger partial charge on any atom is 0.137 e. The molecule has 5 heteroatoms. The van der Waals surface area contributed by atoms with Crippen LogP contribution in [0.3, 0.4) is 0 Å². The molecule has 18 heavy (non-hydrogen) atoms. The Bertz CT molecular complexity index is 556. The fourth-order valence-electron chi connectivity index (χ4n) is 1.56. The molecule has 0 saturated carbocycles. The second kappa shape index (κ2) is 5.82. The van der Waals surface area contributed by atoms with Crippen molar-refractivity contribution in [2.75, 3.05) is 0 Å². The third kappa shape index (κ3) is 3.10. The first-order valence-corrected chi connectivity index (χ1v) is 7.07. The summed E-state index contributed by atoms with van der Waals surface area (Å²) < 4.78 is 19.1. The fourth-order valence-corrected chi connectivity index (χ4v) is 2.84.